The Morgan fingerprint density at radius 3 is 2.36 bits per heavy atom. The van der Waals surface area contributed by atoms with Crippen molar-refractivity contribution >= 4 is 11.8 Å². The molecule has 14 heavy (non-hydrogen) atoms. The summed E-state index contributed by atoms with van der Waals surface area (Å²) >= 11 is 0. The van der Waals surface area contributed by atoms with E-state index in [-0.39, 0.29) is 24.4 Å². The van der Waals surface area contributed by atoms with Crippen LogP contribution in [0.4, 0.5) is 0 Å². The molecule has 4 heteroatoms. The number of rotatable bonds is 6. The van der Waals surface area contributed by atoms with E-state index >= 15 is 0 Å². The average molecular weight is 200 g/mol. The van der Waals surface area contributed by atoms with Gasteiger partial charge in [-0.15, -0.1) is 0 Å². The molecule has 0 aliphatic heterocycles. The van der Waals surface area contributed by atoms with E-state index in [0.717, 1.165) is 12.8 Å². The molecule has 0 aromatic rings. The van der Waals surface area contributed by atoms with Gasteiger partial charge in [0, 0.05) is 12.5 Å². The highest BCUT2D eigenvalue weighted by molar-refractivity contribution is 5.84. The van der Waals surface area contributed by atoms with E-state index in [9.17, 15) is 9.59 Å². The fraction of sp³-hybridized carbons (Fsp3) is 0.800. The molecule has 0 rings (SSSR count). The minimum atomic E-state index is -0.121. The molecule has 2 amide bonds. The number of hydrogen-bond acceptors (Lipinski definition) is 2. The highest BCUT2D eigenvalue weighted by Crippen LogP contribution is 1.87. The predicted molar refractivity (Wildman–Crippen MR) is 55.8 cm³/mol. The lowest BCUT2D eigenvalue weighted by molar-refractivity contribution is -0.126. The first-order valence-electron chi connectivity index (χ1n) is 5.16. The summed E-state index contributed by atoms with van der Waals surface area (Å²) in [7, 11) is 0. The van der Waals surface area contributed by atoms with Crippen LogP contribution in [0, 0.1) is 0 Å². The molecule has 0 spiro atoms. The summed E-state index contributed by atoms with van der Waals surface area (Å²) in [5, 5.41) is 5.34. The van der Waals surface area contributed by atoms with Crippen molar-refractivity contribution in [3.63, 3.8) is 0 Å². The smallest absolute Gasteiger partial charge is 0.239 e. The standard InChI is InChI=1S/C10H20N2O2/c1-4-6-9(13)11-7-10(14)12-8(3)5-2/h8H,4-7H2,1-3H3,(H,11,13)(H,12,14). The third kappa shape index (κ3) is 6.46. The summed E-state index contributed by atoms with van der Waals surface area (Å²) in [6, 6.07) is 0.172. The van der Waals surface area contributed by atoms with Crippen LogP contribution in [-0.2, 0) is 9.59 Å². The Morgan fingerprint density at radius 1 is 1.21 bits per heavy atom. The Labute approximate surface area is 85.4 Å². The fourth-order valence-corrected chi connectivity index (χ4v) is 0.922. The third-order valence-electron chi connectivity index (χ3n) is 1.94. The van der Waals surface area contributed by atoms with Crippen LogP contribution in [0.15, 0.2) is 0 Å². The molecule has 0 fully saturated rings. The van der Waals surface area contributed by atoms with Crippen molar-refractivity contribution in [1.29, 1.82) is 0 Å². The largest absolute Gasteiger partial charge is 0.352 e. The van der Waals surface area contributed by atoms with Crippen LogP contribution >= 0.6 is 0 Å². The topological polar surface area (TPSA) is 58.2 Å². The summed E-state index contributed by atoms with van der Waals surface area (Å²) in [6.07, 6.45) is 2.18. The molecule has 0 aromatic carbocycles. The van der Waals surface area contributed by atoms with E-state index in [0.29, 0.717) is 6.42 Å². The van der Waals surface area contributed by atoms with Crippen molar-refractivity contribution in [2.45, 2.75) is 46.1 Å². The number of hydrogen-bond donors (Lipinski definition) is 2. The highest BCUT2D eigenvalue weighted by atomic mass is 16.2. The minimum absolute atomic E-state index is 0.0631. The minimum Gasteiger partial charge on any atom is -0.352 e. The lowest BCUT2D eigenvalue weighted by Gasteiger charge is -2.11. The summed E-state index contributed by atoms with van der Waals surface area (Å²) < 4.78 is 0. The van der Waals surface area contributed by atoms with Crippen LogP contribution < -0.4 is 10.6 Å². The molecule has 1 unspecified atom stereocenters. The summed E-state index contributed by atoms with van der Waals surface area (Å²) in [4.78, 5) is 22.2. The van der Waals surface area contributed by atoms with Gasteiger partial charge < -0.3 is 10.6 Å². The van der Waals surface area contributed by atoms with E-state index in [1.807, 2.05) is 20.8 Å². The van der Waals surface area contributed by atoms with Crippen LogP contribution in [0.3, 0.4) is 0 Å². The van der Waals surface area contributed by atoms with Crippen LogP contribution in [0.25, 0.3) is 0 Å². The number of carbonyl (C=O) groups excluding carboxylic acids is 2. The van der Waals surface area contributed by atoms with Crippen molar-refractivity contribution in [3.05, 3.63) is 0 Å². The lowest BCUT2D eigenvalue weighted by Crippen LogP contribution is -2.40. The maximum Gasteiger partial charge on any atom is 0.239 e. The van der Waals surface area contributed by atoms with Crippen molar-refractivity contribution < 1.29 is 9.59 Å². The number of nitrogens with one attached hydrogen (secondary N) is 2. The Bertz CT molecular complexity index is 193. The fourth-order valence-electron chi connectivity index (χ4n) is 0.922. The van der Waals surface area contributed by atoms with E-state index in [4.69, 9.17) is 0 Å². The van der Waals surface area contributed by atoms with E-state index in [1.165, 1.54) is 0 Å². The molecule has 0 aliphatic carbocycles. The van der Waals surface area contributed by atoms with E-state index in [1.54, 1.807) is 0 Å². The molecule has 4 nitrogen and oxygen atoms in total. The molecule has 0 saturated carbocycles. The zero-order chi connectivity index (χ0) is 11.0. The van der Waals surface area contributed by atoms with Gasteiger partial charge in [0.15, 0.2) is 0 Å². The molecule has 1 atom stereocenters. The maximum atomic E-state index is 11.2. The van der Waals surface area contributed by atoms with Gasteiger partial charge in [-0.3, -0.25) is 9.59 Å². The highest BCUT2D eigenvalue weighted by Gasteiger charge is 2.06. The molecular weight excluding hydrogens is 180 g/mol. The van der Waals surface area contributed by atoms with Gasteiger partial charge in [0.25, 0.3) is 0 Å². The van der Waals surface area contributed by atoms with E-state index in [2.05, 4.69) is 10.6 Å². The van der Waals surface area contributed by atoms with Crippen molar-refractivity contribution in [2.75, 3.05) is 6.54 Å². The van der Waals surface area contributed by atoms with Crippen molar-refractivity contribution in [3.8, 4) is 0 Å². The summed E-state index contributed by atoms with van der Waals surface area (Å²) in [6.45, 7) is 5.95. The number of carbonyl (C=O) groups is 2. The normalized spacial score (nSPS) is 11.9. The maximum absolute atomic E-state index is 11.2. The second kappa shape index (κ2) is 7.35. The van der Waals surface area contributed by atoms with Crippen LogP contribution in [0.5, 0.6) is 0 Å². The molecule has 0 aromatic heterocycles. The first-order chi connectivity index (χ1) is 6.60. The van der Waals surface area contributed by atoms with E-state index < -0.39 is 0 Å². The average Bonchev–Trinajstić information content (AvgIpc) is 2.15. The SMILES string of the molecule is CCCC(=O)NCC(=O)NC(C)CC. The Hall–Kier alpha value is -1.06. The molecule has 0 heterocycles. The van der Waals surface area contributed by atoms with Gasteiger partial charge in [0.1, 0.15) is 0 Å². The van der Waals surface area contributed by atoms with Crippen LogP contribution in [-0.4, -0.2) is 24.4 Å². The Balaban J connectivity index is 3.58. The van der Waals surface area contributed by atoms with Gasteiger partial charge in [-0.25, -0.2) is 0 Å². The van der Waals surface area contributed by atoms with Gasteiger partial charge in [0.2, 0.25) is 11.8 Å². The zero-order valence-electron chi connectivity index (χ0n) is 9.22. The quantitative estimate of drug-likeness (QED) is 0.667. The summed E-state index contributed by atoms with van der Waals surface area (Å²) in [5.41, 5.74) is 0. The van der Waals surface area contributed by atoms with Gasteiger partial charge >= 0.3 is 0 Å². The third-order valence-corrected chi connectivity index (χ3v) is 1.94. The molecule has 0 aliphatic rings. The molecule has 82 valence electrons. The van der Waals surface area contributed by atoms with Gasteiger partial charge in [0.05, 0.1) is 6.54 Å². The van der Waals surface area contributed by atoms with Gasteiger partial charge in [-0.2, -0.15) is 0 Å². The van der Waals surface area contributed by atoms with Crippen LogP contribution in [0.2, 0.25) is 0 Å². The molecule has 0 saturated heterocycles. The second-order valence-corrected chi connectivity index (χ2v) is 3.40. The zero-order valence-corrected chi connectivity index (χ0v) is 9.22. The molecular formula is C10H20N2O2. The second-order valence-electron chi connectivity index (χ2n) is 3.40. The monoisotopic (exact) mass is 200 g/mol. The van der Waals surface area contributed by atoms with Crippen LogP contribution in [0.1, 0.15) is 40.0 Å². The van der Waals surface area contributed by atoms with Gasteiger partial charge in [-0.1, -0.05) is 13.8 Å². The molecule has 0 radical (unpaired) electrons. The lowest BCUT2D eigenvalue weighted by atomic mass is 10.2. The first kappa shape index (κ1) is 12.9. The number of amides is 2. The predicted octanol–water partition coefficient (Wildman–Crippen LogP) is 0.817. The van der Waals surface area contributed by atoms with Crippen molar-refractivity contribution in [1.82, 2.24) is 10.6 Å². The van der Waals surface area contributed by atoms with Gasteiger partial charge in [-0.05, 0) is 19.8 Å². The first-order valence-corrected chi connectivity index (χ1v) is 5.16. The Kier molecular flexibility index (Phi) is 6.80. The molecule has 0 bridgehead atoms. The van der Waals surface area contributed by atoms with Crippen molar-refractivity contribution in [2.24, 2.45) is 0 Å². The molecule has 2 N–H and O–H groups in total. The Morgan fingerprint density at radius 2 is 1.86 bits per heavy atom. The summed E-state index contributed by atoms with van der Waals surface area (Å²) in [5.74, 6) is -0.185.